The van der Waals surface area contributed by atoms with Crippen molar-refractivity contribution in [3.05, 3.63) is 12.7 Å². The van der Waals surface area contributed by atoms with E-state index in [-0.39, 0.29) is 57.8 Å². The number of allylic oxidation sites excluding steroid dienone is 1. The van der Waals surface area contributed by atoms with Gasteiger partial charge in [-0.25, -0.2) is 0 Å². The van der Waals surface area contributed by atoms with Crippen LogP contribution in [0.3, 0.4) is 0 Å². The second-order valence-electron chi connectivity index (χ2n) is 2.93. The zero-order valence-electron chi connectivity index (χ0n) is 8.14. The van der Waals surface area contributed by atoms with Crippen molar-refractivity contribution >= 4 is 30.5 Å². The molecule has 0 aromatic rings. The van der Waals surface area contributed by atoms with Crippen molar-refractivity contribution in [3.63, 3.8) is 0 Å². The van der Waals surface area contributed by atoms with Gasteiger partial charge >= 0.3 is 58.4 Å². The molecule has 1 heterocycles. The summed E-state index contributed by atoms with van der Waals surface area (Å²) in [5, 5.41) is 0. The first-order valence-electron chi connectivity index (χ1n) is 4.10. The molecular weight excluding hydrogens is 255 g/mol. The predicted octanol–water partition coefficient (Wildman–Crippen LogP) is 0.520. The van der Waals surface area contributed by atoms with Crippen molar-refractivity contribution in [3.8, 4) is 0 Å². The zero-order chi connectivity index (χ0) is 9.95. The molecule has 1 fully saturated rings. The number of halogens is 3. The molecule has 0 aromatic heterocycles. The molecule has 76 valence electrons. The smallest absolute Gasteiger partial charge is 0.448 e. The van der Waals surface area contributed by atoms with Gasteiger partial charge < -0.3 is 12.9 Å². The molecule has 0 N–H and O–H groups in total. The summed E-state index contributed by atoms with van der Waals surface area (Å²) < 4.78 is 36.7. The summed E-state index contributed by atoms with van der Waals surface area (Å²) in [5.41, 5.74) is 0. The minimum Gasteiger partial charge on any atom is -0.448 e. The van der Waals surface area contributed by atoms with Crippen LogP contribution in [0.4, 0.5) is 12.9 Å². The van der Waals surface area contributed by atoms with Crippen LogP contribution >= 0.6 is 23.5 Å². The molecule has 0 amide bonds. The van der Waals surface area contributed by atoms with Gasteiger partial charge in [-0.15, -0.1) is 6.58 Å². The standard InChI is InChI=1S/C7H11BF3S2.K/c1-2-4-7(8(9,10)11)12-5-3-6-13-7;/h2H,1,3-6H2;/q-1;+1. The fourth-order valence-corrected chi connectivity index (χ4v) is 4.37. The molecule has 0 bridgehead atoms. The van der Waals surface area contributed by atoms with E-state index in [0.717, 1.165) is 29.9 Å². The van der Waals surface area contributed by atoms with Crippen molar-refractivity contribution in [2.45, 2.75) is 16.8 Å². The zero-order valence-corrected chi connectivity index (χ0v) is 12.9. The summed E-state index contributed by atoms with van der Waals surface area (Å²) in [7, 11) is 0. The van der Waals surface area contributed by atoms with Gasteiger partial charge in [0.15, 0.2) is 0 Å². The fraction of sp³-hybridized carbons (Fsp3) is 0.714. The molecule has 0 saturated carbocycles. The normalized spacial score (nSPS) is 21.1. The predicted molar refractivity (Wildman–Crippen MR) is 56.2 cm³/mol. The molecule has 0 spiro atoms. The molecule has 7 heteroatoms. The van der Waals surface area contributed by atoms with E-state index in [9.17, 15) is 12.9 Å². The Morgan fingerprint density at radius 2 is 1.79 bits per heavy atom. The number of rotatable bonds is 3. The second kappa shape index (κ2) is 6.61. The maximum atomic E-state index is 12.8. The molecule has 1 saturated heterocycles. The van der Waals surface area contributed by atoms with Gasteiger partial charge in [-0.3, -0.25) is 0 Å². The Kier molecular flexibility index (Phi) is 7.53. The Hall–Kier alpha value is 1.93. The molecule has 0 nitrogen and oxygen atoms in total. The van der Waals surface area contributed by atoms with E-state index < -0.39 is 11.0 Å². The van der Waals surface area contributed by atoms with Crippen LogP contribution in [-0.4, -0.2) is 22.5 Å². The molecule has 0 aromatic carbocycles. The van der Waals surface area contributed by atoms with Crippen molar-refractivity contribution in [2.75, 3.05) is 11.5 Å². The average Bonchev–Trinajstić information content (AvgIpc) is 2.04. The monoisotopic (exact) mass is 266 g/mol. The number of hydrogen-bond donors (Lipinski definition) is 0. The van der Waals surface area contributed by atoms with Gasteiger partial charge in [-0.2, -0.15) is 23.5 Å². The Bertz CT molecular complexity index is 192. The second-order valence-corrected chi connectivity index (χ2v) is 6.04. The Morgan fingerprint density at radius 1 is 1.29 bits per heavy atom. The van der Waals surface area contributed by atoms with Crippen LogP contribution in [0.15, 0.2) is 12.7 Å². The first-order chi connectivity index (χ1) is 6.02. The Labute approximate surface area is 134 Å². The van der Waals surface area contributed by atoms with E-state index in [4.69, 9.17) is 0 Å². The molecule has 1 aliphatic heterocycles. The van der Waals surface area contributed by atoms with Crippen LogP contribution in [0.2, 0.25) is 0 Å². The Morgan fingerprint density at radius 3 is 2.14 bits per heavy atom. The van der Waals surface area contributed by atoms with Crippen LogP contribution < -0.4 is 51.4 Å². The largest absolute Gasteiger partial charge is 1.00 e. The molecule has 0 aliphatic carbocycles. The van der Waals surface area contributed by atoms with Gasteiger partial charge in [-0.05, 0) is 24.3 Å². The molecule has 14 heavy (non-hydrogen) atoms. The molecule has 0 unspecified atom stereocenters. The SMILES string of the molecule is C=CCC1([B-](F)(F)F)SCCCS1.[K+]. The van der Waals surface area contributed by atoms with Crippen molar-refractivity contribution in [1.29, 1.82) is 0 Å². The van der Waals surface area contributed by atoms with Gasteiger partial charge in [-0.1, -0.05) is 6.08 Å². The first-order valence-corrected chi connectivity index (χ1v) is 6.07. The van der Waals surface area contributed by atoms with E-state index in [0.29, 0.717) is 11.5 Å². The number of thioether (sulfide) groups is 2. The van der Waals surface area contributed by atoms with Crippen LogP contribution in [-0.2, 0) is 0 Å². The van der Waals surface area contributed by atoms with Crippen molar-refractivity contribution < 1.29 is 64.3 Å². The summed E-state index contributed by atoms with van der Waals surface area (Å²) in [4.78, 5) is 0. The summed E-state index contributed by atoms with van der Waals surface area (Å²) in [6.45, 7) is -1.38. The van der Waals surface area contributed by atoms with E-state index >= 15 is 0 Å². The maximum Gasteiger partial charge on any atom is 1.00 e. The third-order valence-electron chi connectivity index (χ3n) is 1.91. The quantitative estimate of drug-likeness (QED) is 0.539. The summed E-state index contributed by atoms with van der Waals surface area (Å²) >= 11 is 2.07. The van der Waals surface area contributed by atoms with Crippen LogP contribution in [0, 0.1) is 0 Å². The third kappa shape index (κ3) is 3.75. The van der Waals surface area contributed by atoms with E-state index in [2.05, 4.69) is 6.58 Å². The molecule has 0 radical (unpaired) electrons. The minimum absolute atomic E-state index is 0. The third-order valence-corrected chi connectivity index (χ3v) is 5.45. The molecule has 0 atom stereocenters. The first kappa shape index (κ1) is 15.9. The molecule has 1 aliphatic rings. The van der Waals surface area contributed by atoms with Crippen LogP contribution in [0.25, 0.3) is 0 Å². The van der Waals surface area contributed by atoms with Crippen LogP contribution in [0.1, 0.15) is 12.8 Å². The molecule has 1 rings (SSSR count). The van der Waals surface area contributed by atoms with E-state index in [1.165, 1.54) is 6.08 Å². The van der Waals surface area contributed by atoms with Crippen molar-refractivity contribution in [1.82, 2.24) is 0 Å². The van der Waals surface area contributed by atoms with E-state index in [1.54, 1.807) is 0 Å². The van der Waals surface area contributed by atoms with Crippen LogP contribution in [0.5, 0.6) is 0 Å². The van der Waals surface area contributed by atoms with Gasteiger partial charge in [0.05, 0.1) is 0 Å². The van der Waals surface area contributed by atoms with Gasteiger partial charge in [0, 0.05) is 3.98 Å². The fourth-order valence-electron chi connectivity index (χ4n) is 1.23. The summed E-state index contributed by atoms with van der Waals surface area (Å²) in [6.07, 6.45) is 2.28. The van der Waals surface area contributed by atoms with Crippen molar-refractivity contribution in [2.24, 2.45) is 0 Å². The van der Waals surface area contributed by atoms with Gasteiger partial charge in [0.25, 0.3) is 0 Å². The summed E-state index contributed by atoms with van der Waals surface area (Å²) in [5.74, 6) is 1.23. The average molecular weight is 266 g/mol. The van der Waals surface area contributed by atoms with E-state index in [1.807, 2.05) is 0 Å². The summed E-state index contributed by atoms with van der Waals surface area (Å²) in [6, 6.07) is 0. The maximum absolute atomic E-state index is 12.8. The van der Waals surface area contributed by atoms with Gasteiger partial charge in [0.1, 0.15) is 0 Å². The topological polar surface area (TPSA) is 0 Å². The van der Waals surface area contributed by atoms with Gasteiger partial charge in [0.2, 0.25) is 0 Å². The minimum atomic E-state index is -4.78. The molecular formula is C7H11BF3KS2. The number of hydrogen-bond acceptors (Lipinski definition) is 2. The Balaban J connectivity index is 0.00000169.